The van der Waals surface area contributed by atoms with Crippen LogP contribution in [0.5, 0.6) is 5.75 Å². The molecule has 1 aromatic carbocycles. The van der Waals surface area contributed by atoms with E-state index in [1.807, 2.05) is 6.07 Å². The molecule has 0 amide bonds. The van der Waals surface area contributed by atoms with Crippen molar-refractivity contribution in [1.82, 2.24) is 0 Å². The van der Waals surface area contributed by atoms with Gasteiger partial charge in [-0.2, -0.15) is 0 Å². The third-order valence-electron chi connectivity index (χ3n) is 2.90. The maximum atomic E-state index is 5.56. The van der Waals surface area contributed by atoms with Gasteiger partial charge in [0.05, 0.1) is 12.5 Å². The van der Waals surface area contributed by atoms with E-state index in [1.165, 1.54) is 11.1 Å². The van der Waals surface area contributed by atoms with Crippen LogP contribution < -0.4 is 4.74 Å². The number of hydrogen-bond donors (Lipinski definition) is 0. The highest BCUT2D eigenvalue weighted by atomic mass is 16.5. The van der Waals surface area contributed by atoms with Crippen molar-refractivity contribution in [3.05, 3.63) is 29.3 Å². The van der Waals surface area contributed by atoms with Crippen molar-refractivity contribution in [2.45, 2.75) is 25.2 Å². The summed E-state index contributed by atoms with van der Waals surface area (Å²) in [7, 11) is 1.70. The average molecular weight is 186 g/mol. The van der Waals surface area contributed by atoms with Gasteiger partial charge in [-0.15, -0.1) is 6.42 Å². The standard InChI is InChI=1S/C13H14O/c1-4-13(7-8-13)11-6-5-10(2)9-12(11)14-3/h1,5-6,9H,7-8H2,2-3H3. The van der Waals surface area contributed by atoms with Gasteiger partial charge < -0.3 is 4.74 Å². The summed E-state index contributed by atoms with van der Waals surface area (Å²) in [6, 6.07) is 6.24. The lowest BCUT2D eigenvalue weighted by Gasteiger charge is -2.13. The van der Waals surface area contributed by atoms with Gasteiger partial charge in [0.2, 0.25) is 0 Å². The molecule has 14 heavy (non-hydrogen) atoms. The van der Waals surface area contributed by atoms with Crippen LogP contribution in [0.1, 0.15) is 24.0 Å². The number of terminal acetylenes is 1. The van der Waals surface area contributed by atoms with E-state index in [9.17, 15) is 0 Å². The van der Waals surface area contributed by atoms with E-state index in [0.29, 0.717) is 0 Å². The van der Waals surface area contributed by atoms with E-state index in [2.05, 4.69) is 25.0 Å². The molecule has 0 heterocycles. The lowest BCUT2D eigenvalue weighted by molar-refractivity contribution is 0.407. The molecule has 0 atom stereocenters. The summed E-state index contributed by atoms with van der Waals surface area (Å²) in [5.74, 6) is 3.81. The van der Waals surface area contributed by atoms with Gasteiger partial charge in [0.25, 0.3) is 0 Å². The first-order valence-electron chi connectivity index (χ1n) is 4.85. The quantitative estimate of drug-likeness (QED) is 0.645. The Morgan fingerprint density at radius 3 is 2.64 bits per heavy atom. The molecule has 72 valence electrons. The van der Waals surface area contributed by atoms with Crippen LogP contribution in [-0.4, -0.2) is 7.11 Å². The van der Waals surface area contributed by atoms with Crippen molar-refractivity contribution in [3.63, 3.8) is 0 Å². The lowest BCUT2D eigenvalue weighted by Crippen LogP contribution is -2.05. The summed E-state index contributed by atoms with van der Waals surface area (Å²) in [5, 5.41) is 0. The van der Waals surface area contributed by atoms with Gasteiger partial charge in [-0.05, 0) is 31.4 Å². The maximum absolute atomic E-state index is 5.56. The Balaban J connectivity index is 2.49. The number of rotatable bonds is 2. The zero-order valence-electron chi connectivity index (χ0n) is 8.63. The molecule has 0 spiro atoms. The number of hydrogen-bond acceptors (Lipinski definition) is 1. The van der Waals surface area contributed by atoms with Crippen molar-refractivity contribution >= 4 is 0 Å². The molecule has 1 fully saturated rings. The van der Waals surface area contributed by atoms with Crippen LogP contribution in [0.15, 0.2) is 18.2 Å². The molecule has 1 aliphatic rings. The number of ether oxygens (including phenoxy) is 1. The Kier molecular flexibility index (Phi) is 2.00. The van der Waals surface area contributed by atoms with Crippen LogP contribution in [0.4, 0.5) is 0 Å². The minimum atomic E-state index is -0.0287. The Morgan fingerprint density at radius 2 is 2.14 bits per heavy atom. The first-order valence-corrected chi connectivity index (χ1v) is 4.85. The minimum Gasteiger partial charge on any atom is -0.496 e. The summed E-state index contributed by atoms with van der Waals surface area (Å²) in [4.78, 5) is 0. The van der Waals surface area contributed by atoms with Crippen LogP contribution in [0.2, 0.25) is 0 Å². The molecule has 2 rings (SSSR count). The fourth-order valence-corrected chi connectivity index (χ4v) is 1.81. The second kappa shape index (κ2) is 3.06. The van der Waals surface area contributed by atoms with Gasteiger partial charge in [-0.3, -0.25) is 0 Å². The summed E-state index contributed by atoms with van der Waals surface area (Å²) in [6.45, 7) is 2.06. The monoisotopic (exact) mass is 186 g/mol. The number of benzene rings is 1. The molecule has 0 aliphatic heterocycles. The lowest BCUT2D eigenvalue weighted by atomic mass is 9.95. The second-order valence-corrected chi connectivity index (χ2v) is 3.93. The maximum Gasteiger partial charge on any atom is 0.123 e. The summed E-state index contributed by atoms with van der Waals surface area (Å²) in [5.41, 5.74) is 2.35. The smallest absolute Gasteiger partial charge is 0.123 e. The van der Waals surface area contributed by atoms with Crippen LogP contribution >= 0.6 is 0 Å². The van der Waals surface area contributed by atoms with Gasteiger partial charge in [0.15, 0.2) is 0 Å². The predicted octanol–water partition coefficient (Wildman–Crippen LogP) is 2.67. The number of aryl methyl sites for hydroxylation is 1. The molecular formula is C13H14O. The van der Waals surface area contributed by atoms with Crippen molar-refractivity contribution in [1.29, 1.82) is 0 Å². The zero-order valence-corrected chi connectivity index (χ0v) is 8.63. The van der Waals surface area contributed by atoms with E-state index >= 15 is 0 Å². The van der Waals surface area contributed by atoms with Gasteiger partial charge in [0.1, 0.15) is 5.75 Å². The summed E-state index contributed by atoms with van der Waals surface area (Å²) >= 11 is 0. The average Bonchev–Trinajstić information content (AvgIpc) is 2.98. The van der Waals surface area contributed by atoms with Gasteiger partial charge in [-0.1, -0.05) is 18.1 Å². The fraction of sp³-hybridized carbons (Fsp3) is 0.385. The molecule has 1 saturated carbocycles. The van der Waals surface area contributed by atoms with E-state index < -0.39 is 0 Å². The molecule has 0 saturated heterocycles. The Morgan fingerprint density at radius 1 is 1.43 bits per heavy atom. The Bertz CT molecular complexity index is 394. The second-order valence-electron chi connectivity index (χ2n) is 3.93. The number of methoxy groups -OCH3 is 1. The molecular weight excluding hydrogens is 172 g/mol. The Hall–Kier alpha value is -1.42. The predicted molar refractivity (Wildman–Crippen MR) is 57.5 cm³/mol. The third kappa shape index (κ3) is 1.28. The van der Waals surface area contributed by atoms with E-state index in [0.717, 1.165) is 18.6 Å². The minimum absolute atomic E-state index is 0.0287. The Labute approximate surface area is 85.1 Å². The molecule has 0 N–H and O–H groups in total. The van der Waals surface area contributed by atoms with E-state index in [1.54, 1.807) is 7.11 Å². The molecule has 0 unspecified atom stereocenters. The van der Waals surface area contributed by atoms with Gasteiger partial charge >= 0.3 is 0 Å². The molecule has 1 nitrogen and oxygen atoms in total. The topological polar surface area (TPSA) is 9.23 Å². The zero-order chi connectivity index (χ0) is 10.2. The van der Waals surface area contributed by atoms with Crippen LogP contribution in [-0.2, 0) is 5.41 Å². The summed E-state index contributed by atoms with van der Waals surface area (Å²) < 4.78 is 5.36. The van der Waals surface area contributed by atoms with E-state index in [4.69, 9.17) is 11.2 Å². The molecule has 1 aliphatic carbocycles. The highest BCUT2D eigenvalue weighted by molar-refractivity contribution is 5.50. The summed E-state index contributed by atoms with van der Waals surface area (Å²) in [6.07, 6.45) is 7.73. The molecule has 1 heteroatoms. The van der Waals surface area contributed by atoms with Gasteiger partial charge in [-0.25, -0.2) is 0 Å². The molecule has 0 radical (unpaired) electrons. The largest absolute Gasteiger partial charge is 0.496 e. The highest BCUT2D eigenvalue weighted by Gasteiger charge is 2.44. The van der Waals surface area contributed by atoms with Crippen LogP contribution in [0, 0.1) is 19.3 Å². The fourth-order valence-electron chi connectivity index (χ4n) is 1.81. The van der Waals surface area contributed by atoms with Gasteiger partial charge in [0, 0.05) is 5.56 Å². The van der Waals surface area contributed by atoms with Crippen molar-refractivity contribution < 1.29 is 4.74 Å². The van der Waals surface area contributed by atoms with E-state index in [-0.39, 0.29) is 5.41 Å². The van der Waals surface area contributed by atoms with Crippen LogP contribution in [0.25, 0.3) is 0 Å². The SMILES string of the molecule is C#CC1(c2ccc(C)cc2OC)CC1. The first-order chi connectivity index (χ1) is 6.72. The third-order valence-corrected chi connectivity index (χ3v) is 2.90. The van der Waals surface area contributed by atoms with Crippen molar-refractivity contribution in [3.8, 4) is 18.1 Å². The first kappa shape index (κ1) is 9.15. The molecule has 1 aromatic rings. The van der Waals surface area contributed by atoms with Crippen molar-refractivity contribution in [2.75, 3.05) is 7.11 Å². The molecule has 0 aromatic heterocycles. The van der Waals surface area contributed by atoms with Crippen molar-refractivity contribution in [2.24, 2.45) is 0 Å². The molecule has 0 bridgehead atoms. The highest BCUT2D eigenvalue weighted by Crippen LogP contribution is 2.50. The normalized spacial score (nSPS) is 17.2. The van der Waals surface area contributed by atoms with Crippen LogP contribution in [0.3, 0.4) is 0 Å².